The molecule has 3 heteroatoms. The molecule has 2 rings (SSSR count). The minimum absolute atomic E-state index is 0.445. The first-order chi connectivity index (χ1) is 7.22. The minimum Gasteiger partial charge on any atom is -0.478 e. The van der Waals surface area contributed by atoms with E-state index in [2.05, 4.69) is 11.4 Å². The number of carboxylic acids is 1. The summed E-state index contributed by atoms with van der Waals surface area (Å²) in [5.41, 5.74) is 1.23. The molecule has 1 saturated carbocycles. The van der Waals surface area contributed by atoms with Gasteiger partial charge < -0.3 is 10.4 Å². The third kappa shape index (κ3) is 1.91. The molecule has 0 bridgehead atoms. The highest BCUT2D eigenvalue weighted by Gasteiger charge is 2.29. The fourth-order valence-electron chi connectivity index (χ4n) is 2.61. The summed E-state index contributed by atoms with van der Waals surface area (Å²) in [7, 11) is 1.78. The van der Waals surface area contributed by atoms with Crippen molar-refractivity contribution in [1.29, 1.82) is 0 Å². The molecule has 0 heterocycles. The molecule has 3 nitrogen and oxygen atoms in total. The Labute approximate surface area is 89.9 Å². The maximum atomic E-state index is 11.0. The van der Waals surface area contributed by atoms with Crippen LogP contribution in [0, 0.1) is 11.8 Å². The van der Waals surface area contributed by atoms with Crippen molar-refractivity contribution in [2.45, 2.75) is 25.7 Å². The third-order valence-corrected chi connectivity index (χ3v) is 3.43. The van der Waals surface area contributed by atoms with Gasteiger partial charge in [0.1, 0.15) is 0 Å². The minimum atomic E-state index is -0.820. The summed E-state index contributed by atoms with van der Waals surface area (Å²) < 4.78 is 0. The molecule has 2 aliphatic rings. The van der Waals surface area contributed by atoms with Crippen molar-refractivity contribution in [1.82, 2.24) is 5.32 Å². The number of rotatable bonds is 2. The van der Waals surface area contributed by atoms with E-state index in [4.69, 9.17) is 5.11 Å². The van der Waals surface area contributed by atoms with Crippen LogP contribution < -0.4 is 5.32 Å². The molecule has 0 radical (unpaired) electrons. The zero-order valence-corrected chi connectivity index (χ0v) is 8.99. The molecule has 2 N–H and O–H groups in total. The number of likely N-dealkylation sites (N-methyl/N-ethyl adjacent to an activating group) is 1. The lowest BCUT2D eigenvalue weighted by Crippen LogP contribution is -2.26. The summed E-state index contributed by atoms with van der Waals surface area (Å²) in [6, 6.07) is 0. The molecule has 15 heavy (non-hydrogen) atoms. The molecule has 0 spiro atoms. The van der Waals surface area contributed by atoms with Gasteiger partial charge in [0, 0.05) is 12.7 Å². The molecule has 0 aromatic rings. The van der Waals surface area contributed by atoms with Crippen LogP contribution in [0.4, 0.5) is 0 Å². The predicted octanol–water partition coefficient (Wildman–Crippen LogP) is 1.92. The second-order valence-corrected chi connectivity index (χ2v) is 4.33. The molecule has 2 aliphatic carbocycles. The summed E-state index contributed by atoms with van der Waals surface area (Å²) in [6.07, 6.45) is 8.87. The second kappa shape index (κ2) is 4.09. The first kappa shape index (κ1) is 10.3. The van der Waals surface area contributed by atoms with Crippen LogP contribution in [0.15, 0.2) is 23.4 Å². The number of fused-ring (bicyclic) bond motifs is 1. The van der Waals surface area contributed by atoms with Crippen molar-refractivity contribution in [3.05, 3.63) is 23.4 Å². The molecule has 2 unspecified atom stereocenters. The van der Waals surface area contributed by atoms with Gasteiger partial charge in [-0.1, -0.05) is 25.0 Å². The third-order valence-electron chi connectivity index (χ3n) is 3.43. The molecule has 1 fully saturated rings. The molecule has 82 valence electrons. The van der Waals surface area contributed by atoms with E-state index < -0.39 is 5.97 Å². The SMILES string of the molecule is CNC1=CC2CCCCC2C=C1C(=O)O. The van der Waals surface area contributed by atoms with Crippen molar-refractivity contribution >= 4 is 5.97 Å². The Morgan fingerprint density at radius 2 is 1.93 bits per heavy atom. The van der Waals surface area contributed by atoms with Crippen LogP contribution in [0.25, 0.3) is 0 Å². The average Bonchev–Trinajstić information content (AvgIpc) is 2.27. The van der Waals surface area contributed by atoms with Gasteiger partial charge in [0.2, 0.25) is 0 Å². The maximum Gasteiger partial charge on any atom is 0.337 e. The second-order valence-electron chi connectivity index (χ2n) is 4.33. The van der Waals surface area contributed by atoms with Gasteiger partial charge in [-0.05, 0) is 24.7 Å². The Kier molecular flexibility index (Phi) is 2.80. The van der Waals surface area contributed by atoms with Gasteiger partial charge in [-0.3, -0.25) is 0 Å². The number of carboxylic acid groups (broad SMARTS) is 1. The fraction of sp³-hybridized carbons (Fsp3) is 0.583. The van der Waals surface area contributed by atoms with Crippen LogP contribution in [0.1, 0.15) is 25.7 Å². The zero-order chi connectivity index (χ0) is 10.8. The number of carbonyl (C=O) groups is 1. The molecule has 0 saturated heterocycles. The summed E-state index contributed by atoms with van der Waals surface area (Å²) in [5, 5.41) is 12.1. The lowest BCUT2D eigenvalue weighted by molar-refractivity contribution is -0.132. The highest BCUT2D eigenvalue weighted by Crippen LogP contribution is 2.37. The van der Waals surface area contributed by atoms with Crippen molar-refractivity contribution in [2.24, 2.45) is 11.8 Å². The molecular formula is C12H17NO2. The van der Waals surface area contributed by atoms with Crippen LogP contribution in [0.3, 0.4) is 0 Å². The monoisotopic (exact) mass is 207 g/mol. The normalized spacial score (nSPS) is 29.9. The smallest absolute Gasteiger partial charge is 0.337 e. The van der Waals surface area contributed by atoms with E-state index in [1.165, 1.54) is 19.3 Å². The van der Waals surface area contributed by atoms with Gasteiger partial charge in [0.25, 0.3) is 0 Å². The molecule has 0 aliphatic heterocycles. The Balaban J connectivity index is 2.27. The summed E-state index contributed by atoms with van der Waals surface area (Å²) >= 11 is 0. The van der Waals surface area contributed by atoms with Gasteiger partial charge in [-0.25, -0.2) is 4.79 Å². The summed E-state index contributed by atoms with van der Waals surface area (Å²) in [5.74, 6) is 0.172. The van der Waals surface area contributed by atoms with Crippen LogP contribution in [-0.4, -0.2) is 18.1 Å². The van der Waals surface area contributed by atoms with Crippen molar-refractivity contribution in [3.8, 4) is 0 Å². The van der Waals surface area contributed by atoms with Crippen LogP contribution in [0.5, 0.6) is 0 Å². The van der Waals surface area contributed by atoms with E-state index in [1.54, 1.807) is 7.05 Å². The van der Waals surface area contributed by atoms with E-state index in [0.717, 1.165) is 12.1 Å². The highest BCUT2D eigenvalue weighted by molar-refractivity contribution is 5.91. The Bertz CT molecular complexity index is 331. The van der Waals surface area contributed by atoms with Crippen molar-refractivity contribution in [3.63, 3.8) is 0 Å². The largest absolute Gasteiger partial charge is 0.478 e. The maximum absolute atomic E-state index is 11.0. The lowest BCUT2D eigenvalue weighted by atomic mass is 9.75. The van der Waals surface area contributed by atoms with E-state index >= 15 is 0 Å². The van der Waals surface area contributed by atoms with E-state index in [1.807, 2.05) is 6.08 Å². The van der Waals surface area contributed by atoms with Crippen molar-refractivity contribution < 1.29 is 9.90 Å². The first-order valence-electron chi connectivity index (χ1n) is 5.57. The summed E-state index contributed by atoms with van der Waals surface area (Å²) in [4.78, 5) is 11.0. The zero-order valence-electron chi connectivity index (χ0n) is 8.99. The molecule has 0 amide bonds. The number of nitrogens with one attached hydrogen (secondary N) is 1. The average molecular weight is 207 g/mol. The Morgan fingerprint density at radius 1 is 1.33 bits per heavy atom. The topological polar surface area (TPSA) is 49.3 Å². The number of aliphatic carboxylic acids is 1. The number of hydrogen-bond donors (Lipinski definition) is 2. The molecule has 0 aromatic carbocycles. The number of hydrogen-bond acceptors (Lipinski definition) is 2. The fourth-order valence-corrected chi connectivity index (χ4v) is 2.61. The van der Waals surface area contributed by atoms with Gasteiger partial charge >= 0.3 is 5.97 Å². The predicted molar refractivity (Wildman–Crippen MR) is 58.3 cm³/mol. The van der Waals surface area contributed by atoms with Gasteiger partial charge in [0.15, 0.2) is 0 Å². The van der Waals surface area contributed by atoms with E-state index in [0.29, 0.717) is 17.4 Å². The summed E-state index contributed by atoms with van der Waals surface area (Å²) in [6.45, 7) is 0. The van der Waals surface area contributed by atoms with Gasteiger partial charge in [-0.2, -0.15) is 0 Å². The van der Waals surface area contributed by atoms with E-state index in [-0.39, 0.29) is 0 Å². The molecular weight excluding hydrogens is 190 g/mol. The highest BCUT2D eigenvalue weighted by atomic mass is 16.4. The van der Waals surface area contributed by atoms with Crippen LogP contribution >= 0.6 is 0 Å². The van der Waals surface area contributed by atoms with Crippen LogP contribution in [-0.2, 0) is 4.79 Å². The molecule has 2 atom stereocenters. The lowest BCUT2D eigenvalue weighted by Gasteiger charge is -2.31. The Hall–Kier alpha value is -1.25. The van der Waals surface area contributed by atoms with Gasteiger partial charge in [0.05, 0.1) is 5.57 Å². The van der Waals surface area contributed by atoms with Crippen LogP contribution in [0.2, 0.25) is 0 Å². The quantitative estimate of drug-likeness (QED) is 0.727. The first-order valence-corrected chi connectivity index (χ1v) is 5.57. The molecule has 0 aromatic heterocycles. The van der Waals surface area contributed by atoms with Crippen molar-refractivity contribution in [2.75, 3.05) is 7.05 Å². The van der Waals surface area contributed by atoms with E-state index in [9.17, 15) is 4.79 Å². The Morgan fingerprint density at radius 3 is 2.47 bits per heavy atom. The number of allylic oxidation sites excluding steroid dienone is 2. The van der Waals surface area contributed by atoms with Gasteiger partial charge in [-0.15, -0.1) is 0 Å². The standard InChI is InChI=1S/C12H17NO2/c1-13-11-7-9-5-3-2-4-8(9)6-10(11)12(14)15/h6-9,13H,2-5H2,1H3,(H,14,15).